The van der Waals surface area contributed by atoms with Crippen molar-refractivity contribution in [1.29, 1.82) is 0 Å². The van der Waals surface area contributed by atoms with E-state index in [2.05, 4.69) is 31.9 Å². The van der Waals surface area contributed by atoms with E-state index < -0.39 is 11.5 Å². The van der Waals surface area contributed by atoms with Crippen molar-refractivity contribution >= 4 is 34.4 Å². The first kappa shape index (κ1) is 30.1. The summed E-state index contributed by atoms with van der Waals surface area (Å²) >= 11 is 0. The molecule has 4 heterocycles. The monoisotopic (exact) mass is 622 g/mol. The second-order valence-corrected chi connectivity index (χ2v) is 12.7. The largest absolute Gasteiger partial charge is 0.379 e. The van der Waals surface area contributed by atoms with Crippen LogP contribution in [0.2, 0.25) is 0 Å². The standard InChI is InChI=1S/C35H38N6O5/c1-21-12-23(13-27-20-37-40-30(21)27)15-29-33(43)41(2)7-9-46-11-10-45-8-3-4-22-14-28-31(36-19-22)39-34(44)35(28)17-25-6-5-24(32(42)38-29)16-26(25)18-35/h5-6,12-14,16,19-20,29H,3-4,7-11,15,17-18H2,1-2H3,(H,37,40)(H,38,42)(H,36,39,44)/t29-,35+/m1/s1. The van der Waals surface area contributed by atoms with Gasteiger partial charge < -0.3 is 25.0 Å². The summed E-state index contributed by atoms with van der Waals surface area (Å²) < 4.78 is 11.5. The third-order valence-electron chi connectivity index (χ3n) is 9.50. The van der Waals surface area contributed by atoms with Crippen LogP contribution < -0.4 is 10.6 Å². The van der Waals surface area contributed by atoms with E-state index in [0.29, 0.717) is 63.6 Å². The number of aryl methyl sites for hydroxylation is 2. The van der Waals surface area contributed by atoms with Crippen LogP contribution >= 0.6 is 0 Å². The van der Waals surface area contributed by atoms with Gasteiger partial charge in [-0.05, 0) is 84.7 Å². The van der Waals surface area contributed by atoms with Crippen molar-refractivity contribution in [3.8, 4) is 0 Å². The first-order chi connectivity index (χ1) is 22.3. The Kier molecular flexibility index (Phi) is 8.04. The Hall–Kier alpha value is -4.61. The molecule has 5 bridgehead atoms. The molecule has 7 rings (SSSR count). The molecule has 2 atom stereocenters. The summed E-state index contributed by atoms with van der Waals surface area (Å²) in [5, 5.41) is 14.1. The van der Waals surface area contributed by atoms with Crippen molar-refractivity contribution in [2.75, 3.05) is 45.3 Å². The Bertz CT molecular complexity index is 1840. The Morgan fingerprint density at radius 2 is 1.80 bits per heavy atom. The van der Waals surface area contributed by atoms with Gasteiger partial charge in [-0.1, -0.05) is 12.1 Å². The molecule has 1 spiro atoms. The van der Waals surface area contributed by atoms with E-state index in [0.717, 1.165) is 57.1 Å². The summed E-state index contributed by atoms with van der Waals surface area (Å²) in [6, 6.07) is 10.9. The number of fused-ring (bicyclic) bond motifs is 3. The normalized spacial score (nSPS) is 22.4. The number of aromatic nitrogens is 3. The van der Waals surface area contributed by atoms with E-state index in [1.165, 1.54) is 0 Å². The lowest BCUT2D eigenvalue weighted by Crippen LogP contribution is -2.49. The second-order valence-electron chi connectivity index (χ2n) is 12.7. The highest BCUT2D eigenvalue weighted by Gasteiger charge is 2.51. The fraction of sp³-hybridized carbons (Fsp3) is 0.400. The van der Waals surface area contributed by atoms with Crippen LogP contribution in [0.1, 0.15) is 50.2 Å². The zero-order valence-corrected chi connectivity index (χ0v) is 26.2. The first-order valence-electron chi connectivity index (χ1n) is 15.9. The third-order valence-corrected chi connectivity index (χ3v) is 9.50. The maximum absolute atomic E-state index is 13.8. The number of nitrogens with one attached hydrogen (secondary N) is 3. The average Bonchev–Trinajstić information content (AvgIpc) is 3.75. The van der Waals surface area contributed by atoms with Crippen LogP contribution in [-0.4, -0.2) is 83.9 Å². The number of likely N-dealkylation sites (N-methyl/N-ethyl adjacent to an activating group) is 1. The van der Waals surface area contributed by atoms with E-state index >= 15 is 0 Å². The molecular formula is C35H38N6O5. The SMILES string of the molecule is Cc1cc(C[C@H]2NC(=O)c3ccc4c(c3)C[C@]3(C4)C(=O)Nc4ncc(cc43)CCCOCCOCCN(C)C2=O)cc2cn[nH]c12. The van der Waals surface area contributed by atoms with Crippen LogP contribution in [0.15, 0.2) is 48.8 Å². The molecule has 0 saturated carbocycles. The maximum atomic E-state index is 13.8. The van der Waals surface area contributed by atoms with Crippen molar-refractivity contribution in [1.82, 2.24) is 25.4 Å². The number of H-pyrrole nitrogens is 1. The number of hydrogen-bond acceptors (Lipinski definition) is 7. The number of carbonyl (C=O) groups is 3. The second kappa shape index (κ2) is 12.3. The minimum atomic E-state index is -0.806. The molecule has 0 fully saturated rings. The molecule has 0 saturated heterocycles. The van der Waals surface area contributed by atoms with E-state index in [1.807, 2.05) is 37.4 Å². The van der Waals surface area contributed by atoms with Crippen molar-refractivity contribution < 1.29 is 23.9 Å². The molecule has 3 amide bonds. The molecule has 2 aromatic carbocycles. The van der Waals surface area contributed by atoms with Gasteiger partial charge in [-0.2, -0.15) is 5.10 Å². The highest BCUT2D eigenvalue weighted by molar-refractivity contribution is 6.06. The summed E-state index contributed by atoms with van der Waals surface area (Å²) in [4.78, 5) is 47.2. The summed E-state index contributed by atoms with van der Waals surface area (Å²) in [6.45, 7) is 4.18. The van der Waals surface area contributed by atoms with Crippen LogP contribution in [0.25, 0.3) is 10.9 Å². The molecule has 11 heteroatoms. The van der Waals surface area contributed by atoms with Gasteiger partial charge in [0.2, 0.25) is 11.8 Å². The lowest BCUT2D eigenvalue weighted by Gasteiger charge is -2.25. The molecule has 2 aromatic heterocycles. The van der Waals surface area contributed by atoms with Gasteiger partial charge in [-0.25, -0.2) is 4.98 Å². The number of amides is 3. The molecule has 2 aliphatic heterocycles. The van der Waals surface area contributed by atoms with Gasteiger partial charge in [0, 0.05) is 49.3 Å². The number of pyridine rings is 1. The van der Waals surface area contributed by atoms with Gasteiger partial charge in [0.05, 0.1) is 36.9 Å². The fourth-order valence-corrected chi connectivity index (χ4v) is 7.01. The van der Waals surface area contributed by atoms with Gasteiger partial charge in [-0.15, -0.1) is 0 Å². The predicted octanol–water partition coefficient (Wildman–Crippen LogP) is 3.03. The van der Waals surface area contributed by atoms with Crippen LogP contribution in [-0.2, 0) is 50.2 Å². The molecule has 0 unspecified atom stereocenters. The van der Waals surface area contributed by atoms with Crippen LogP contribution in [0.3, 0.4) is 0 Å². The number of carbonyl (C=O) groups excluding carboxylic acids is 3. The Balaban J connectivity index is 1.19. The Labute approximate surface area is 267 Å². The molecule has 238 valence electrons. The number of rotatable bonds is 2. The molecular weight excluding hydrogens is 584 g/mol. The van der Waals surface area contributed by atoms with Gasteiger partial charge in [0.15, 0.2) is 0 Å². The number of hydrogen-bond donors (Lipinski definition) is 3. The molecule has 11 nitrogen and oxygen atoms in total. The zero-order valence-electron chi connectivity index (χ0n) is 26.2. The molecule has 46 heavy (non-hydrogen) atoms. The summed E-state index contributed by atoms with van der Waals surface area (Å²) in [6.07, 6.45) is 6.52. The molecule has 0 radical (unpaired) electrons. The molecule has 3 N–H and O–H groups in total. The Morgan fingerprint density at radius 1 is 0.978 bits per heavy atom. The van der Waals surface area contributed by atoms with Crippen LogP contribution in [0.5, 0.6) is 0 Å². The zero-order chi connectivity index (χ0) is 31.8. The number of ether oxygens (including phenoxy) is 2. The van der Waals surface area contributed by atoms with Crippen LogP contribution in [0.4, 0.5) is 5.82 Å². The van der Waals surface area contributed by atoms with E-state index in [-0.39, 0.29) is 17.7 Å². The number of nitrogens with zero attached hydrogens (tertiary/aromatic N) is 3. The quantitative estimate of drug-likeness (QED) is 0.313. The van der Waals surface area contributed by atoms with Crippen molar-refractivity contribution in [2.45, 2.75) is 50.5 Å². The van der Waals surface area contributed by atoms with Gasteiger partial charge >= 0.3 is 0 Å². The van der Waals surface area contributed by atoms with Crippen molar-refractivity contribution in [3.63, 3.8) is 0 Å². The van der Waals surface area contributed by atoms with E-state index in [1.54, 1.807) is 24.2 Å². The van der Waals surface area contributed by atoms with E-state index in [9.17, 15) is 14.4 Å². The number of aromatic amines is 1. The Morgan fingerprint density at radius 3 is 2.67 bits per heavy atom. The summed E-state index contributed by atoms with van der Waals surface area (Å²) in [7, 11) is 1.73. The first-order valence-corrected chi connectivity index (χ1v) is 15.9. The third kappa shape index (κ3) is 5.65. The highest BCUT2D eigenvalue weighted by atomic mass is 16.5. The predicted molar refractivity (Wildman–Crippen MR) is 172 cm³/mol. The van der Waals surface area contributed by atoms with Gasteiger partial charge in [-0.3, -0.25) is 19.5 Å². The minimum Gasteiger partial charge on any atom is -0.379 e. The molecule has 4 aromatic rings. The van der Waals surface area contributed by atoms with Gasteiger partial charge in [0.25, 0.3) is 5.91 Å². The lowest BCUT2D eigenvalue weighted by atomic mass is 9.79. The fourth-order valence-electron chi connectivity index (χ4n) is 7.01. The molecule has 3 aliphatic rings. The summed E-state index contributed by atoms with van der Waals surface area (Å²) in [5.41, 5.74) is 6.53. The number of anilines is 1. The maximum Gasteiger partial charge on any atom is 0.251 e. The topological polar surface area (TPSA) is 139 Å². The number of benzene rings is 2. The highest BCUT2D eigenvalue weighted by Crippen LogP contribution is 2.47. The van der Waals surface area contributed by atoms with Crippen LogP contribution in [0, 0.1) is 6.92 Å². The van der Waals surface area contributed by atoms with E-state index in [4.69, 9.17) is 9.47 Å². The van der Waals surface area contributed by atoms with Gasteiger partial charge in [0.1, 0.15) is 11.9 Å². The summed E-state index contributed by atoms with van der Waals surface area (Å²) in [5.74, 6) is -0.00210. The smallest absolute Gasteiger partial charge is 0.251 e. The molecule has 1 aliphatic carbocycles. The van der Waals surface area contributed by atoms with Crippen molar-refractivity contribution in [2.24, 2.45) is 0 Å². The average molecular weight is 623 g/mol. The minimum absolute atomic E-state index is 0.0641. The van der Waals surface area contributed by atoms with Crippen molar-refractivity contribution in [3.05, 3.63) is 87.7 Å². The lowest BCUT2D eigenvalue weighted by molar-refractivity contribution is -0.132.